The first-order valence-electron chi connectivity index (χ1n) is 9.74. The topological polar surface area (TPSA) is 69.0 Å². The summed E-state index contributed by atoms with van der Waals surface area (Å²) in [5.41, 5.74) is 1.46. The minimum absolute atomic E-state index is 0.112. The maximum atomic E-state index is 13.3. The molecule has 29 heavy (non-hydrogen) atoms. The summed E-state index contributed by atoms with van der Waals surface area (Å²) < 4.78 is 16.7. The number of amides is 1. The van der Waals surface area contributed by atoms with E-state index in [0.717, 1.165) is 17.7 Å². The molecule has 0 fully saturated rings. The zero-order chi connectivity index (χ0) is 20.4. The minimum Gasteiger partial charge on any atom is -0.494 e. The lowest BCUT2D eigenvalue weighted by atomic mass is 9.98. The summed E-state index contributed by atoms with van der Waals surface area (Å²) in [5, 5.41) is 0.473. The molecule has 1 atom stereocenters. The van der Waals surface area contributed by atoms with E-state index in [0.29, 0.717) is 36.3 Å². The Balaban J connectivity index is 1.83. The van der Waals surface area contributed by atoms with Crippen molar-refractivity contribution >= 4 is 16.9 Å². The number of nitrogens with zero attached hydrogens (tertiary/aromatic N) is 1. The van der Waals surface area contributed by atoms with E-state index >= 15 is 0 Å². The number of rotatable bonds is 7. The summed E-state index contributed by atoms with van der Waals surface area (Å²) in [6.07, 6.45) is 0.922. The quantitative estimate of drug-likeness (QED) is 0.611. The smallest absolute Gasteiger partial charge is 0.290 e. The molecule has 0 bridgehead atoms. The molecule has 150 valence electrons. The van der Waals surface area contributed by atoms with Crippen LogP contribution in [0.1, 0.15) is 41.1 Å². The molecule has 6 heteroatoms. The fourth-order valence-electron chi connectivity index (χ4n) is 3.70. The van der Waals surface area contributed by atoms with Crippen LogP contribution in [0.25, 0.3) is 11.0 Å². The van der Waals surface area contributed by atoms with Gasteiger partial charge in [-0.3, -0.25) is 9.59 Å². The lowest BCUT2D eigenvalue weighted by Crippen LogP contribution is -2.32. The van der Waals surface area contributed by atoms with Crippen molar-refractivity contribution < 1.29 is 18.7 Å². The summed E-state index contributed by atoms with van der Waals surface area (Å²) in [7, 11) is 1.58. The van der Waals surface area contributed by atoms with Gasteiger partial charge in [0.2, 0.25) is 5.76 Å². The highest BCUT2D eigenvalue weighted by Gasteiger charge is 2.42. The van der Waals surface area contributed by atoms with Crippen LogP contribution >= 0.6 is 0 Å². The second-order valence-electron chi connectivity index (χ2n) is 6.98. The van der Waals surface area contributed by atoms with E-state index in [1.807, 2.05) is 31.2 Å². The van der Waals surface area contributed by atoms with Crippen LogP contribution in [-0.2, 0) is 4.74 Å². The van der Waals surface area contributed by atoms with Gasteiger partial charge in [0.1, 0.15) is 11.3 Å². The number of para-hydroxylation sites is 1. The Morgan fingerprint density at radius 3 is 2.52 bits per heavy atom. The first-order chi connectivity index (χ1) is 14.2. The van der Waals surface area contributed by atoms with Gasteiger partial charge in [0.05, 0.1) is 30.2 Å². The van der Waals surface area contributed by atoms with Crippen LogP contribution in [0.5, 0.6) is 5.75 Å². The second-order valence-corrected chi connectivity index (χ2v) is 6.98. The molecule has 0 unspecified atom stereocenters. The molecule has 0 N–H and O–H groups in total. The highest BCUT2D eigenvalue weighted by molar-refractivity contribution is 5.99. The third kappa shape index (κ3) is 3.40. The molecule has 1 aliphatic heterocycles. The molecule has 4 rings (SSSR count). The van der Waals surface area contributed by atoms with Crippen molar-refractivity contribution in [2.75, 3.05) is 26.9 Å². The van der Waals surface area contributed by atoms with Gasteiger partial charge < -0.3 is 18.8 Å². The zero-order valence-electron chi connectivity index (χ0n) is 16.5. The Kier molecular flexibility index (Phi) is 5.36. The summed E-state index contributed by atoms with van der Waals surface area (Å²) in [6, 6.07) is 14.0. The molecule has 0 saturated heterocycles. The highest BCUT2D eigenvalue weighted by atomic mass is 16.5. The van der Waals surface area contributed by atoms with Crippen molar-refractivity contribution in [2.45, 2.75) is 19.4 Å². The molecule has 1 aromatic heterocycles. The Hall–Kier alpha value is -3.12. The van der Waals surface area contributed by atoms with Gasteiger partial charge in [0.15, 0.2) is 5.43 Å². The summed E-state index contributed by atoms with van der Waals surface area (Å²) >= 11 is 0. The van der Waals surface area contributed by atoms with Crippen molar-refractivity contribution in [3.63, 3.8) is 0 Å². The third-order valence-corrected chi connectivity index (χ3v) is 5.08. The number of benzene rings is 2. The normalized spacial score (nSPS) is 15.7. The van der Waals surface area contributed by atoms with E-state index < -0.39 is 6.04 Å². The van der Waals surface area contributed by atoms with Gasteiger partial charge >= 0.3 is 0 Å². The van der Waals surface area contributed by atoms with Crippen LogP contribution in [0, 0.1) is 0 Å². The molecule has 0 saturated carbocycles. The van der Waals surface area contributed by atoms with Crippen LogP contribution in [-0.4, -0.2) is 37.7 Å². The SMILES string of the molecule is CCCOc1ccc([C@H]2c3c(oc4ccccc4c3=O)C(=O)N2CCOC)cc1. The van der Waals surface area contributed by atoms with Gasteiger partial charge in [-0.05, 0) is 36.2 Å². The van der Waals surface area contributed by atoms with Gasteiger partial charge in [-0.15, -0.1) is 0 Å². The molecular weight excluding hydrogens is 370 g/mol. The first kappa shape index (κ1) is 19.2. The number of methoxy groups -OCH3 is 1. The molecule has 3 aromatic rings. The molecule has 2 heterocycles. The zero-order valence-corrected chi connectivity index (χ0v) is 16.5. The Labute approximate surface area is 168 Å². The average molecular weight is 393 g/mol. The van der Waals surface area contributed by atoms with Gasteiger partial charge in [-0.25, -0.2) is 0 Å². The molecule has 6 nitrogen and oxygen atoms in total. The number of fused-ring (bicyclic) bond motifs is 2. The molecule has 2 aromatic carbocycles. The van der Waals surface area contributed by atoms with Crippen molar-refractivity contribution in [2.24, 2.45) is 0 Å². The van der Waals surface area contributed by atoms with Crippen LogP contribution in [0.15, 0.2) is 57.7 Å². The Bertz CT molecular complexity index is 1090. The molecule has 0 spiro atoms. The number of hydrogen-bond donors (Lipinski definition) is 0. The molecule has 0 aliphatic carbocycles. The van der Waals surface area contributed by atoms with Crippen molar-refractivity contribution in [3.05, 3.63) is 75.6 Å². The first-order valence-corrected chi connectivity index (χ1v) is 9.74. The summed E-state index contributed by atoms with van der Waals surface area (Å²) in [4.78, 5) is 28.0. The van der Waals surface area contributed by atoms with Crippen molar-refractivity contribution in [3.8, 4) is 5.75 Å². The lowest BCUT2D eigenvalue weighted by molar-refractivity contribution is 0.0663. The van der Waals surface area contributed by atoms with Gasteiger partial charge in [-0.1, -0.05) is 31.2 Å². The molecular formula is C23H23NO5. The number of carbonyl (C=O) groups excluding carboxylic acids is 1. The maximum Gasteiger partial charge on any atom is 0.290 e. The molecule has 0 radical (unpaired) electrons. The van der Waals surface area contributed by atoms with E-state index in [4.69, 9.17) is 13.9 Å². The van der Waals surface area contributed by atoms with Crippen LogP contribution < -0.4 is 10.2 Å². The van der Waals surface area contributed by atoms with Gasteiger partial charge in [-0.2, -0.15) is 0 Å². The lowest BCUT2D eigenvalue weighted by Gasteiger charge is -2.25. The van der Waals surface area contributed by atoms with Gasteiger partial charge in [0, 0.05) is 13.7 Å². The molecule has 1 amide bonds. The van der Waals surface area contributed by atoms with E-state index in [2.05, 4.69) is 0 Å². The Morgan fingerprint density at radius 2 is 1.79 bits per heavy atom. The van der Waals surface area contributed by atoms with Crippen molar-refractivity contribution in [1.29, 1.82) is 0 Å². The number of ether oxygens (including phenoxy) is 2. The Morgan fingerprint density at radius 1 is 1.03 bits per heavy atom. The summed E-state index contributed by atoms with van der Waals surface area (Å²) in [6.45, 7) is 3.40. The third-order valence-electron chi connectivity index (χ3n) is 5.08. The fourth-order valence-corrected chi connectivity index (χ4v) is 3.70. The maximum absolute atomic E-state index is 13.3. The predicted molar refractivity (Wildman–Crippen MR) is 109 cm³/mol. The predicted octanol–water partition coefficient (Wildman–Crippen LogP) is 3.77. The standard InChI is InChI=1S/C23H23NO5/c1-3-13-28-16-10-8-15(9-11-16)20-19-21(25)17-6-4-5-7-18(17)29-22(19)23(26)24(20)12-14-27-2/h4-11,20H,3,12-14H2,1-2H3/t20-/m0/s1. The number of carbonyl (C=O) groups is 1. The van der Waals surface area contributed by atoms with Crippen LogP contribution in [0.4, 0.5) is 0 Å². The van der Waals surface area contributed by atoms with Crippen molar-refractivity contribution in [1.82, 2.24) is 4.90 Å². The highest BCUT2D eigenvalue weighted by Crippen LogP contribution is 2.38. The fraction of sp³-hybridized carbons (Fsp3) is 0.304. The average Bonchev–Trinajstić information content (AvgIpc) is 3.03. The molecule has 1 aliphatic rings. The minimum atomic E-state index is -0.520. The summed E-state index contributed by atoms with van der Waals surface area (Å²) in [5.74, 6) is 0.575. The van der Waals surface area contributed by atoms with E-state index in [9.17, 15) is 9.59 Å². The van der Waals surface area contributed by atoms with E-state index in [1.165, 1.54) is 0 Å². The van der Waals surface area contributed by atoms with E-state index in [-0.39, 0.29) is 17.1 Å². The van der Waals surface area contributed by atoms with Gasteiger partial charge in [0.25, 0.3) is 5.91 Å². The number of hydrogen-bond acceptors (Lipinski definition) is 5. The van der Waals surface area contributed by atoms with E-state index in [1.54, 1.807) is 36.3 Å². The van der Waals surface area contributed by atoms with Crippen LogP contribution in [0.3, 0.4) is 0 Å². The largest absolute Gasteiger partial charge is 0.494 e. The van der Waals surface area contributed by atoms with Crippen LogP contribution in [0.2, 0.25) is 0 Å². The second kappa shape index (κ2) is 8.09. The monoisotopic (exact) mass is 393 g/mol.